The highest BCUT2D eigenvalue weighted by Crippen LogP contribution is 2.08. The van der Waals surface area contributed by atoms with Crippen molar-refractivity contribution in [3.8, 4) is 0 Å². The van der Waals surface area contributed by atoms with Crippen molar-refractivity contribution in [3.63, 3.8) is 0 Å². The van der Waals surface area contributed by atoms with Crippen molar-refractivity contribution in [1.29, 1.82) is 0 Å². The molecule has 0 amide bonds. The summed E-state index contributed by atoms with van der Waals surface area (Å²) in [6.45, 7) is 8.03. The van der Waals surface area contributed by atoms with E-state index >= 15 is 0 Å². The van der Waals surface area contributed by atoms with Crippen LogP contribution >= 0.6 is 11.6 Å². The highest BCUT2D eigenvalue weighted by molar-refractivity contribution is 6.25. The molecule has 1 unspecified atom stereocenters. The number of halogens is 1. The van der Waals surface area contributed by atoms with Gasteiger partial charge in [-0.1, -0.05) is 11.6 Å². The van der Waals surface area contributed by atoms with Crippen molar-refractivity contribution in [3.05, 3.63) is 11.1 Å². The van der Waals surface area contributed by atoms with Crippen molar-refractivity contribution < 1.29 is 9.90 Å². The highest BCUT2D eigenvalue weighted by Gasteiger charge is 2.24. The van der Waals surface area contributed by atoms with E-state index in [9.17, 15) is 4.79 Å². The number of piperazine rings is 1. The summed E-state index contributed by atoms with van der Waals surface area (Å²) >= 11 is 5.62. The fraction of sp³-hybridized carbons (Fsp3) is 0.727. The van der Waals surface area contributed by atoms with Crippen LogP contribution < -0.4 is 0 Å². The third kappa shape index (κ3) is 3.77. The van der Waals surface area contributed by atoms with E-state index < -0.39 is 5.97 Å². The lowest BCUT2D eigenvalue weighted by Gasteiger charge is -2.36. The third-order valence-corrected chi connectivity index (χ3v) is 3.34. The standard InChI is InChI=1S/C11H19ClN2O2/c1-9(7-12)8-13-3-5-14(6-4-13)10(2)11(15)16/h7,10H,3-6,8H2,1-2H3,(H,15,16). The molecule has 0 saturated carbocycles. The maximum atomic E-state index is 10.8. The molecule has 5 heteroatoms. The zero-order valence-electron chi connectivity index (χ0n) is 9.82. The summed E-state index contributed by atoms with van der Waals surface area (Å²) < 4.78 is 0. The summed E-state index contributed by atoms with van der Waals surface area (Å²) in [6, 6.07) is -0.383. The second-order valence-corrected chi connectivity index (χ2v) is 4.50. The van der Waals surface area contributed by atoms with Gasteiger partial charge in [0.1, 0.15) is 6.04 Å². The Balaban J connectivity index is 2.36. The Kier molecular flexibility index (Phi) is 5.25. The lowest BCUT2D eigenvalue weighted by Crippen LogP contribution is -2.51. The number of carboxylic acids is 1. The van der Waals surface area contributed by atoms with Gasteiger partial charge in [0.05, 0.1) is 0 Å². The second-order valence-electron chi connectivity index (χ2n) is 4.28. The summed E-state index contributed by atoms with van der Waals surface area (Å²) in [5, 5.41) is 8.90. The molecule has 4 nitrogen and oxygen atoms in total. The molecule has 0 bridgehead atoms. The number of carbonyl (C=O) groups is 1. The van der Waals surface area contributed by atoms with E-state index in [-0.39, 0.29) is 6.04 Å². The van der Waals surface area contributed by atoms with E-state index in [2.05, 4.69) is 4.90 Å². The minimum Gasteiger partial charge on any atom is -0.480 e. The molecule has 1 N–H and O–H groups in total. The number of hydrogen-bond acceptors (Lipinski definition) is 3. The fourth-order valence-electron chi connectivity index (χ4n) is 1.85. The highest BCUT2D eigenvalue weighted by atomic mass is 35.5. The minimum atomic E-state index is -0.745. The van der Waals surface area contributed by atoms with Crippen LogP contribution in [0.5, 0.6) is 0 Å². The van der Waals surface area contributed by atoms with Gasteiger partial charge < -0.3 is 5.11 Å². The molecule has 1 saturated heterocycles. The Labute approximate surface area is 101 Å². The van der Waals surface area contributed by atoms with Crippen molar-refractivity contribution in [2.75, 3.05) is 32.7 Å². The number of carboxylic acid groups (broad SMARTS) is 1. The Morgan fingerprint density at radius 3 is 2.44 bits per heavy atom. The van der Waals surface area contributed by atoms with Gasteiger partial charge in [-0.25, -0.2) is 0 Å². The van der Waals surface area contributed by atoms with Crippen LogP contribution in [0.1, 0.15) is 13.8 Å². The van der Waals surface area contributed by atoms with Crippen LogP contribution in [-0.2, 0) is 4.79 Å². The van der Waals surface area contributed by atoms with Crippen LogP contribution in [0.15, 0.2) is 11.1 Å². The normalized spacial score (nSPS) is 22.1. The lowest BCUT2D eigenvalue weighted by molar-refractivity contribution is -0.143. The molecule has 1 rings (SSSR count). The molecule has 1 fully saturated rings. The first-order chi connectivity index (χ1) is 7.54. The smallest absolute Gasteiger partial charge is 0.320 e. The van der Waals surface area contributed by atoms with Crippen molar-refractivity contribution in [2.24, 2.45) is 0 Å². The molecule has 0 aromatic carbocycles. The SMILES string of the molecule is CC(=CCl)CN1CCN(C(C)C(=O)O)CC1. The molecule has 16 heavy (non-hydrogen) atoms. The lowest BCUT2D eigenvalue weighted by atomic mass is 10.2. The molecular weight excluding hydrogens is 228 g/mol. The van der Waals surface area contributed by atoms with Crippen LogP contribution in [-0.4, -0.2) is 59.6 Å². The molecule has 1 aliphatic rings. The summed E-state index contributed by atoms with van der Waals surface area (Å²) in [6.07, 6.45) is 0. The quantitative estimate of drug-likeness (QED) is 0.810. The first-order valence-corrected chi connectivity index (χ1v) is 5.93. The summed E-state index contributed by atoms with van der Waals surface area (Å²) in [5.74, 6) is -0.745. The topological polar surface area (TPSA) is 43.8 Å². The zero-order valence-corrected chi connectivity index (χ0v) is 10.6. The maximum Gasteiger partial charge on any atom is 0.320 e. The van der Waals surface area contributed by atoms with Gasteiger partial charge in [-0.05, 0) is 19.4 Å². The molecule has 1 aliphatic heterocycles. The largest absolute Gasteiger partial charge is 0.480 e. The molecule has 0 aromatic rings. The number of rotatable bonds is 4. The van der Waals surface area contributed by atoms with Crippen LogP contribution in [0.25, 0.3) is 0 Å². The monoisotopic (exact) mass is 246 g/mol. The van der Waals surface area contributed by atoms with Gasteiger partial charge in [0.15, 0.2) is 0 Å². The van der Waals surface area contributed by atoms with Crippen LogP contribution in [0.4, 0.5) is 0 Å². The predicted octanol–water partition coefficient (Wildman–Crippen LogP) is 1.22. The van der Waals surface area contributed by atoms with Crippen molar-refractivity contribution >= 4 is 17.6 Å². The van der Waals surface area contributed by atoms with Gasteiger partial charge in [0.2, 0.25) is 0 Å². The van der Waals surface area contributed by atoms with E-state index in [4.69, 9.17) is 16.7 Å². The molecule has 0 aromatic heterocycles. The van der Waals surface area contributed by atoms with E-state index in [1.807, 2.05) is 11.8 Å². The Morgan fingerprint density at radius 2 is 2.00 bits per heavy atom. The predicted molar refractivity (Wildman–Crippen MR) is 64.7 cm³/mol. The molecular formula is C11H19ClN2O2. The molecule has 0 spiro atoms. The zero-order chi connectivity index (χ0) is 12.1. The van der Waals surface area contributed by atoms with E-state index in [0.29, 0.717) is 0 Å². The van der Waals surface area contributed by atoms with Crippen molar-refractivity contribution in [2.45, 2.75) is 19.9 Å². The van der Waals surface area contributed by atoms with E-state index in [1.165, 1.54) is 0 Å². The fourth-order valence-corrected chi connectivity index (χ4v) is 1.92. The number of aliphatic carboxylic acids is 1. The first kappa shape index (κ1) is 13.5. The van der Waals surface area contributed by atoms with Gasteiger partial charge in [-0.2, -0.15) is 0 Å². The summed E-state index contributed by atoms with van der Waals surface area (Å²) in [4.78, 5) is 15.1. The Hall–Kier alpha value is -0.580. The number of hydrogen-bond donors (Lipinski definition) is 1. The average Bonchev–Trinajstić information content (AvgIpc) is 2.28. The molecule has 1 atom stereocenters. The van der Waals surface area contributed by atoms with Crippen molar-refractivity contribution in [1.82, 2.24) is 9.80 Å². The molecule has 1 heterocycles. The first-order valence-electron chi connectivity index (χ1n) is 5.49. The van der Waals surface area contributed by atoms with Gasteiger partial charge in [-0.3, -0.25) is 14.6 Å². The van der Waals surface area contributed by atoms with Gasteiger partial charge in [0.25, 0.3) is 0 Å². The minimum absolute atomic E-state index is 0.383. The van der Waals surface area contributed by atoms with Gasteiger partial charge in [-0.15, -0.1) is 0 Å². The molecule has 92 valence electrons. The third-order valence-electron chi connectivity index (χ3n) is 2.97. The van der Waals surface area contributed by atoms with Crippen LogP contribution in [0.2, 0.25) is 0 Å². The van der Waals surface area contributed by atoms with Crippen LogP contribution in [0, 0.1) is 0 Å². The van der Waals surface area contributed by atoms with Crippen LogP contribution in [0.3, 0.4) is 0 Å². The Bertz CT molecular complexity index is 273. The second kappa shape index (κ2) is 6.23. The molecule has 0 aliphatic carbocycles. The van der Waals surface area contributed by atoms with E-state index in [0.717, 1.165) is 38.3 Å². The maximum absolute atomic E-state index is 10.8. The molecule has 0 radical (unpaired) electrons. The number of nitrogens with zero attached hydrogens (tertiary/aromatic N) is 2. The Morgan fingerprint density at radius 1 is 1.44 bits per heavy atom. The van der Waals surface area contributed by atoms with E-state index in [1.54, 1.807) is 12.5 Å². The average molecular weight is 247 g/mol. The van der Waals surface area contributed by atoms with Gasteiger partial charge in [0, 0.05) is 38.3 Å². The summed E-state index contributed by atoms with van der Waals surface area (Å²) in [7, 11) is 0. The van der Waals surface area contributed by atoms with Gasteiger partial charge >= 0.3 is 5.97 Å². The summed E-state index contributed by atoms with van der Waals surface area (Å²) in [5.41, 5.74) is 2.74.